The molecule has 0 spiro atoms. The summed E-state index contributed by atoms with van der Waals surface area (Å²) in [5.74, 6) is 2.64. The van der Waals surface area contributed by atoms with Crippen LogP contribution in [0, 0.1) is 19.3 Å². The number of hydrogen-bond donors (Lipinski definition) is 0. The Labute approximate surface area is 104 Å². The highest BCUT2D eigenvalue weighted by Crippen LogP contribution is 2.20. The lowest BCUT2D eigenvalue weighted by atomic mass is 10.2. The lowest BCUT2D eigenvalue weighted by molar-refractivity contribution is 0.942. The number of aryl methyl sites for hydroxylation is 2. The predicted octanol–water partition coefficient (Wildman–Crippen LogP) is 3.31. The smallest absolute Gasteiger partial charge is 0.0740 e. The standard InChI is InChI=1S/C10H9N3.2C2H6/c1-4-8-6-13(3)9-5-11-12-7(2)10(8)9;2*1-2/h1,5-6H,2-3H3;2*1-2H3. The molecule has 2 aromatic heterocycles. The van der Waals surface area contributed by atoms with E-state index in [1.54, 1.807) is 6.20 Å². The number of rotatable bonds is 0. The molecule has 17 heavy (non-hydrogen) atoms. The van der Waals surface area contributed by atoms with E-state index in [-0.39, 0.29) is 0 Å². The molecule has 3 nitrogen and oxygen atoms in total. The van der Waals surface area contributed by atoms with E-state index in [9.17, 15) is 0 Å². The van der Waals surface area contributed by atoms with Crippen molar-refractivity contribution in [2.75, 3.05) is 0 Å². The Bertz CT molecular complexity index is 504. The van der Waals surface area contributed by atoms with Crippen LogP contribution in [0.4, 0.5) is 0 Å². The van der Waals surface area contributed by atoms with E-state index in [1.807, 2.05) is 52.4 Å². The quantitative estimate of drug-likeness (QED) is 0.651. The zero-order chi connectivity index (χ0) is 13.4. The van der Waals surface area contributed by atoms with Gasteiger partial charge in [-0.3, -0.25) is 0 Å². The van der Waals surface area contributed by atoms with Gasteiger partial charge in [0.15, 0.2) is 0 Å². The van der Waals surface area contributed by atoms with Gasteiger partial charge in [-0.05, 0) is 6.92 Å². The third-order valence-corrected chi connectivity index (χ3v) is 2.13. The molecule has 0 atom stereocenters. The van der Waals surface area contributed by atoms with Gasteiger partial charge in [-0.2, -0.15) is 10.2 Å². The molecule has 0 radical (unpaired) electrons. The highest BCUT2D eigenvalue weighted by atomic mass is 15.1. The monoisotopic (exact) mass is 231 g/mol. The molecule has 2 aromatic rings. The molecular formula is C14H21N3. The first-order chi connectivity index (χ1) is 8.24. The molecule has 0 saturated heterocycles. The Morgan fingerprint density at radius 2 is 1.82 bits per heavy atom. The fourth-order valence-corrected chi connectivity index (χ4v) is 1.51. The van der Waals surface area contributed by atoms with E-state index in [0.29, 0.717) is 0 Å². The molecule has 0 fully saturated rings. The van der Waals surface area contributed by atoms with Gasteiger partial charge in [-0.1, -0.05) is 33.6 Å². The number of fused-ring (bicyclic) bond motifs is 1. The zero-order valence-corrected chi connectivity index (χ0v) is 11.6. The van der Waals surface area contributed by atoms with Gasteiger partial charge < -0.3 is 4.57 Å². The molecule has 0 saturated carbocycles. The summed E-state index contributed by atoms with van der Waals surface area (Å²) in [4.78, 5) is 0. The number of aromatic nitrogens is 3. The number of nitrogens with zero attached hydrogens (tertiary/aromatic N) is 3. The second-order valence-electron chi connectivity index (χ2n) is 2.99. The van der Waals surface area contributed by atoms with Crippen LogP contribution in [-0.4, -0.2) is 14.8 Å². The van der Waals surface area contributed by atoms with Crippen LogP contribution < -0.4 is 0 Å². The van der Waals surface area contributed by atoms with Crippen molar-refractivity contribution in [2.45, 2.75) is 34.6 Å². The Morgan fingerprint density at radius 1 is 1.24 bits per heavy atom. The normalized spacial score (nSPS) is 8.53. The number of hydrogen-bond acceptors (Lipinski definition) is 2. The van der Waals surface area contributed by atoms with Crippen molar-refractivity contribution in [3.05, 3.63) is 23.7 Å². The minimum absolute atomic E-state index is 0.880. The Balaban J connectivity index is 0.000000581. The van der Waals surface area contributed by atoms with Crippen molar-refractivity contribution >= 4 is 10.9 Å². The van der Waals surface area contributed by atoms with Gasteiger partial charge in [0.1, 0.15) is 0 Å². The fraction of sp³-hybridized carbons (Fsp3) is 0.429. The average molecular weight is 231 g/mol. The van der Waals surface area contributed by atoms with Gasteiger partial charge in [0.2, 0.25) is 0 Å². The van der Waals surface area contributed by atoms with E-state index in [1.165, 1.54) is 0 Å². The molecule has 0 unspecified atom stereocenters. The van der Waals surface area contributed by atoms with E-state index in [4.69, 9.17) is 6.42 Å². The molecule has 0 aromatic carbocycles. The van der Waals surface area contributed by atoms with Gasteiger partial charge in [-0.15, -0.1) is 6.42 Å². The maximum Gasteiger partial charge on any atom is 0.0740 e. The summed E-state index contributed by atoms with van der Waals surface area (Å²) in [7, 11) is 1.95. The van der Waals surface area contributed by atoms with Crippen molar-refractivity contribution in [1.29, 1.82) is 0 Å². The average Bonchev–Trinajstić information content (AvgIpc) is 2.73. The second kappa shape index (κ2) is 7.45. The summed E-state index contributed by atoms with van der Waals surface area (Å²) in [6.07, 6.45) is 9.03. The van der Waals surface area contributed by atoms with E-state index < -0.39 is 0 Å². The summed E-state index contributed by atoms with van der Waals surface area (Å²) in [6.45, 7) is 9.91. The molecule has 92 valence electrons. The van der Waals surface area contributed by atoms with E-state index in [0.717, 1.165) is 22.2 Å². The minimum atomic E-state index is 0.880. The van der Waals surface area contributed by atoms with Gasteiger partial charge in [0.25, 0.3) is 0 Å². The van der Waals surface area contributed by atoms with Crippen molar-refractivity contribution < 1.29 is 0 Å². The van der Waals surface area contributed by atoms with Crippen LogP contribution in [0.3, 0.4) is 0 Å². The van der Waals surface area contributed by atoms with Crippen LogP contribution >= 0.6 is 0 Å². The van der Waals surface area contributed by atoms with Crippen molar-refractivity contribution in [1.82, 2.24) is 14.8 Å². The van der Waals surface area contributed by atoms with Gasteiger partial charge in [0, 0.05) is 18.6 Å². The lowest BCUT2D eigenvalue weighted by Gasteiger charge is -1.95. The van der Waals surface area contributed by atoms with Crippen LogP contribution in [0.15, 0.2) is 12.4 Å². The van der Waals surface area contributed by atoms with Crippen LogP contribution in [0.1, 0.15) is 39.0 Å². The molecule has 2 heterocycles. The first kappa shape index (κ1) is 15.2. The SMILES string of the molecule is C#Cc1cn(C)c2cnnc(C)c12.CC.CC. The highest BCUT2D eigenvalue weighted by molar-refractivity contribution is 5.87. The van der Waals surface area contributed by atoms with Crippen LogP contribution in [-0.2, 0) is 7.05 Å². The third-order valence-electron chi connectivity index (χ3n) is 2.13. The first-order valence-corrected chi connectivity index (χ1v) is 5.98. The van der Waals surface area contributed by atoms with Crippen LogP contribution in [0.25, 0.3) is 10.9 Å². The maximum atomic E-state index is 5.39. The number of terminal acetylenes is 1. The van der Waals surface area contributed by atoms with Crippen molar-refractivity contribution in [2.24, 2.45) is 7.05 Å². The molecular weight excluding hydrogens is 210 g/mol. The predicted molar refractivity (Wildman–Crippen MR) is 73.9 cm³/mol. The van der Waals surface area contributed by atoms with Gasteiger partial charge in [-0.25, -0.2) is 0 Å². The Hall–Kier alpha value is -1.82. The largest absolute Gasteiger partial charge is 0.348 e. The third kappa shape index (κ3) is 3.07. The highest BCUT2D eigenvalue weighted by Gasteiger charge is 2.07. The molecule has 0 aliphatic carbocycles. The second-order valence-corrected chi connectivity index (χ2v) is 2.99. The summed E-state index contributed by atoms with van der Waals surface area (Å²) in [5.41, 5.74) is 2.79. The van der Waals surface area contributed by atoms with E-state index in [2.05, 4.69) is 16.1 Å². The van der Waals surface area contributed by atoms with Gasteiger partial charge >= 0.3 is 0 Å². The molecule has 0 amide bonds. The summed E-state index contributed by atoms with van der Waals surface area (Å²) in [5, 5.41) is 8.88. The molecule has 0 N–H and O–H groups in total. The molecule has 0 aliphatic rings. The molecule has 0 bridgehead atoms. The van der Waals surface area contributed by atoms with Crippen molar-refractivity contribution in [3.63, 3.8) is 0 Å². The zero-order valence-electron chi connectivity index (χ0n) is 11.6. The Morgan fingerprint density at radius 3 is 2.35 bits per heavy atom. The fourth-order valence-electron chi connectivity index (χ4n) is 1.51. The Kier molecular flexibility index (Phi) is 6.65. The first-order valence-electron chi connectivity index (χ1n) is 5.98. The molecule has 3 heteroatoms. The topological polar surface area (TPSA) is 30.7 Å². The van der Waals surface area contributed by atoms with Gasteiger partial charge in [0.05, 0.1) is 23.0 Å². The molecule has 2 rings (SSSR count). The van der Waals surface area contributed by atoms with Crippen LogP contribution in [0.2, 0.25) is 0 Å². The van der Waals surface area contributed by atoms with E-state index >= 15 is 0 Å². The molecule has 0 aliphatic heterocycles. The van der Waals surface area contributed by atoms with Crippen molar-refractivity contribution in [3.8, 4) is 12.3 Å². The lowest BCUT2D eigenvalue weighted by Crippen LogP contribution is -1.89. The maximum absolute atomic E-state index is 5.39. The summed E-state index contributed by atoms with van der Waals surface area (Å²) < 4.78 is 1.96. The minimum Gasteiger partial charge on any atom is -0.348 e. The summed E-state index contributed by atoms with van der Waals surface area (Å²) >= 11 is 0. The summed E-state index contributed by atoms with van der Waals surface area (Å²) in [6, 6.07) is 0. The van der Waals surface area contributed by atoms with Crippen LogP contribution in [0.5, 0.6) is 0 Å².